The second-order valence-electron chi connectivity index (χ2n) is 6.69. The summed E-state index contributed by atoms with van der Waals surface area (Å²) in [6.07, 6.45) is 1.21. The highest BCUT2D eigenvalue weighted by Gasteiger charge is 2.35. The van der Waals surface area contributed by atoms with Crippen LogP contribution in [0.4, 0.5) is 0 Å². The van der Waals surface area contributed by atoms with Crippen molar-refractivity contribution in [3.05, 3.63) is 65.2 Å². The van der Waals surface area contributed by atoms with Crippen LogP contribution in [0.3, 0.4) is 0 Å². The molecule has 1 fully saturated rings. The zero-order valence-corrected chi connectivity index (χ0v) is 15.7. The van der Waals surface area contributed by atoms with Crippen LogP contribution in [-0.2, 0) is 14.9 Å². The van der Waals surface area contributed by atoms with E-state index in [-0.39, 0.29) is 11.3 Å². The lowest BCUT2D eigenvalue weighted by atomic mass is 9.74. The van der Waals surface area contributed by atoms with E-state index < -0.39 is 6.10 Å². The largest absolute Gasteiger partial charge is 0.481 e. The van der Waals surface area contributed by atoms with Gasteiger partial charge in [0.05, 0.1) is 0 Å². The van der Waals surface area contributed by atoms with Gasteiger partial charge in [-0.15, -0.1) is 0 Å². The number of rotatable bonds is 6. The Kier molecular flexibility index (Phi) is 6.17. The molecule has 0 radical (unpaired) electrons. The Morgan fingerprint density at radius 3 is 2.46 bits per heavy atom. The SMILES string of the molecule is C[C@@H](Oc1ccc(Cl)cc1)C(=O)NCC1(c2ccccc2)CCOCC1. The highest BCUT2D eigenvalue weighted by molar-refractivity contribution is 6.30. The van der Waals surface area contributed by atoms with Crippen molar-refractivity contribution in [2.75, 3.05) is 19.8 Å². The standard InChI is InChI=1S/C21H24ClNO3/c1-16(26-19-9-7-18(22)8-10-19)20(24)23-15-21(11-13-25-14-12-21)17-5-3-2-4-6-17/h2-10,16H,11-15H2,1H3,(H,23,24)/t16-/m1/s1. The van der Waals surface area contributed by atoms with Gasteiger partial charge in [0.15, 0.2) is 6.10 Å². The van der Waals surface area contributed by atoms with E-state index in [1.807, 2.05) is 18.2 Å². The number of benzene rings is 2. The van der Waals surface area contributed by atoms with Crippen LogP contribution >= 0.6 is 11.6 Å². The van der Waals surface area contributed by atoms with Crippen molar-refractivity contribution >= 4 is 17.5 Å². The molecule has 0 unspecified atom stereocenters. The molecule has 0 aromatic heterocycles. The average Bonchev–Trinajstić information content (AvgIpc) is 2.69. The van der Waals surface area contributed by atoms with Gasteiger partial charge in [-0.05, 0) is 49.6 Å². The van der Waals surface area contributed by atoms with Crippen LogP contribution in [0.1, 0.15) is 25.3 Å². The minimum atomic E-state index is -0.580. The summed E-state index contributed by atoms with van der Waals surface area (Å²) < 4.78 is 11.3. The molecule has 2 aromatic rings. The van der Waals surface area contributed by atoms with Gasteiger partial charge in [0.25, 0.3) is 5.91 Å². The van der Waals surface area contributed by atoms with Crippen LogP contribution in [0.2, 0.25) is 5.02 Å². The molecule has 2 aromatic carbocycles. The molecule has 26 heavy (non-hydrogen) atoms. The molecule has 0 bridgehead atoms. The third kappa shape index (κ3) is 4.57. The first-order chi connectivity index (χ1) is 12.6. The van der Waals surface area contributed by atoms with Gasteiger partial charge in [-0.2, -0.15) is 0 Å². The third-order valence-electron chi connectivity index (χ3n) is 4.93. The number of carbonyl (C=O) groups excluding carboxylic acids is 1. The van der Waals surface area contributed by atoms with Crippen LogP contribution in [-0.4, -0.2) is 31.8 Å². The molecule has 1 aliphatic heterocycles. The molecular weight excluding hydrogens is 350 g/mol. The molecule has 1 heterocycles. The van der Waals surface area contributed by atoms with Crippen molar-refractivity contribution in [3.63, 3.8) is 0 Å². The maximum atomic E-state index is 12.5. The molecule has 1 N–H and O–H groups in total. The van der Waals surface area contributed by atoms with E-state index in [0.717, 1.165) is 12.8 Å². The first-order valence-electron chi connectivity index (χ1n) is 8.92. The zero-order chi connectivity index (χ0) is 18.4. The fraction of sp³-hybridized carbons (Fsp3) is 0.381. The van der Waals surface area contributed by atoms with Crippen LogP contribution in [0.15, 0.2) is 54.6 Å². The molecule has 138 valence electrons. The molecule has 1 atom stereocenters. The van der Waals surface area contributed by atoms with E-state index in [2.05, 4.69) is 17.4 Å². The van der Waals surface area contributed by atoms with Crippen LogP contribution in [0.5, 0.6) is 5.75 Å². The molecule has 4 nitrogen and oxygen atoms in total. The highest BCUT2D eigenvalue weighted by atomic mass is 35.5. The van der Waals surface area contributed by atoms with Crippen LogP contribution < -0.4 is 10.1 Å². The Morgan fingerprint density at radius 2 is 1.81 bits per heavy atom. The fourth-order valence-corrected chi connectivity index (χ4v) is 3.42. The Balaban J connectivity index is 1.63. The van der Waals surface area contributed by atoms with Gasteiger partial charge in [0.2, 0.25) is 0 Å². The predicted octanol–water partition coefficient (Wildman–Crippen LogP) is 3.97. The van der Waals surface area contributed by atoms with Gasteiger partial charge in [0, 0.05) is 30.2 Å². The Hall–Kier alpha value is -2.04. The fourth-order valence-electron chi connectivity index (χ4n) is 3.29. The van der Waals surface area contributed by atoms with Crippen molar-refractivity contribution in [1.82, 2.24) is 5.32 Å². The van der Waals surface area contributed by atoms with Gasteiger partial charge in [-0.1, -0.05) is 41.9 Å². The molecule has 0 saturated carbocycles. The lowest BCUT2D eigenvalue weighted by Gasteiger charge is -2.38. The number of amides is 1. The molecular formula is C21H24ClNO3. The van der Waals surface area contributed by atoms with E-state index >= 15 is 0 Å². The van der Waals surface area contributed by atoms with Gasteiger partial charge >= 0.3 is 0 Å². The summed E-state index contributed by atoms with van der Waals surface area (Å²) in [5.74, 6) is 0.502. The van der Waals surface area contributed by atoms with Crippen LogP contribution in [0, 0.1) is 0 Å². The summed E-state index contributed by atoms with van der Waals surface area (Å²) in [7, 11) is 0. The minimum absolute atomic E-state index is 0.0881. The highest BCUT2D eigenvalue weighted by Crippen LogP contribution is 2.34. The maximum absolute atomic E-state index is 12.5. The molecule has 1 aliphatic rings. The summed E-state index contributed by atoms with van der Waals surface area (Å²) in [6, 6.07) is 17.4. The van der Waals surface area contributed by atoms with Gasteiger partial charge < -0.3 is 14.8 Å². The van der Waals surface area contributed by atoms with Gasteiger partial charge in [0.1, 0.15) is 5.75 Å². The van der Waals surface area contributed by atoms with E-state index in [9.17, 15) is 4.79 Å². The molecule has 1 amide bonds. The van der Waals surface area contributed by atoms with Gasteiger partial charge in [-0.3, -0.25) is 4.79 Å². The topological polar surface area (TPSA) is 47.6 Å². The summed E-state index contributed by atoms with van der Waals surface area (Å²) in [5, 5.41) is 3.72. The number of carbonyl (C=O) groups is 1. The summed E-state index contributed by atoms with van der Waals surface area (Å²) in [4.78, 5) is 12.5. The van der Waals surface area contributed by atoms with Crippen molar-refractivity contribution < 1.29 is 14.3 Å². The number of halogens is 1. The zero-order valence-electron chi connectivity index (χ0n) is 14.9. The predicted molar refractivity (Wildman–Crippen MR) is 103 cm³/mol. The van der Waals surface area contributed by atoms with Gasteiger partial charge in [-0.25, -0.2) is 0 Å². The summed E-state index contributed by atoms with van der Waals surface area (Å²) in [6.45, 7) is 3.75. The summed E-state index contributed by atoms with van der Waals surface area (Å²) in [5.41, 5.74) is 1.16. The Bertz CT molecular complexity index is 712. The molecule has 0 aliphatic carbocycles. The van der Waals surface area contributed by atoms with E-state index in [0.29, 0.717) is 30.5 Å². The first-order valence-corrected chi connectivity index (χ1v) is 9.30. The van der Waals surface area contributed by atoms with Crippen LogP contribution in [0.25, 0.3) is 0 Å². The minimum Gasteiger partial charge on any atom is -0.481 e. The monoisotopic (exact) mass is 373 g/mol. The molecule has 0 spiro atoms. The Morgan fingerprint density at radius 1 is 1.15 bits per heavy atom. The molecule has 5 heteroatoms. The quantitative estimate of drug-likeness (QED) is 0.833. The number of nitrogens with one attached hydrogen (secondary N) is 1. The lowest BCUT2D eigenvalue weighted by Crippen LogP contribution is -2.47. The van der Waals surface area contributed by atoms with Crippen molar-refractivity contribution in [2.24, 2.45) is 0 Å². The van der Waals surface area contributed by atoms with Crippen molar-refractivity contribution in [2.45, 2.75) is 31.3 Å². The number of hydrogen-bond donors (Lipinski definition) is 1. The second kappa shape index (κ2) is 8.56. The average molecular weight is 374 g/mol. The second-order valence-corrected chi connectivity index (χ2v) is 7.13. The summed E-state index contributed by atoms with van der Waals surface area (Å²) >= 11 is 5.88. The van der Waals surface area contributed by atoms with E-state index in [1.165, 1.54) is 5.56 Å². The van der Waals surface area contributed by atoms with E-state index in [1.54, 1.807) is 31.2 Å². The lowest BCUT2D eigenvalue weighted by molar-refractivity contribution is -0.127. The van der Waals surface area contributed by atoms with Crippen molar-refractivity contribution in [1.29, 1.82) is 0 Å². The van der Waals surface area contributed by atoms with E-state index in [4.69, 9.17) is 21.1 Å². The maximum Gasteiger partial charge on any atom is 0.260 e. The smallest absolute Gasteiger partial charge is 0.260 e. The molecule has 1 saturated heterocycles. The third-order valence-corrected chi connectivity index (χ3v) is 5.18. The Labute approximate surface area is 159 Å². The first kappa shape index (κ1) is 18.7. The van der Waals surface area contributed by atoms with Crippen molar-refractivity contribution in [3.8, 4) is 5.75 Å². The number of ether oxygens (including phenoxy) is 2. The molecule has 3 rings (SSSR count). The normalized spacial score (nSPS) is 17.3. The number of hydrogen-bond acceptors (Lipinski definition) is 3.